The van der Waals surface area contributed by atoms with E-state index in [1.165, 1.54) is 18.2 Å². The quantitative estimate of drug-likeness (QED) is 0.531. The number of fused-ring (bicyclic) bond motifs is 1. The van der Waals surface area contributed by atoms with E-state index in [4.69, 9.17) is 0 Å². The second-order valence-corrected chi connectivity index (χ2v) is 7.07. The van der Waals surface area contributed by atoms with Crippen molar-refractivity contribution in [3.8, 4) is 5.75 Å². The molecule has 0 atom stereocenters. The van der Waals surface area contributed by atoms with Gasteiger partial charge in [-0.15, -0.1) is 0 Å². The molecule has 128 valence electrons. The summed E-state index contributed by atoms with van der Waals surface area (Å²) in [5.74, 6) is -1.14. The summed E-state index contributed by atoms with van der Waals surface area (Å²) in [6.07, 6.45) is 0. The number of imide groups is 1. The Balaban J connectivity index is 1.89. The third kappa shape index (κ3) is 3.07. The molecule has 0 saturated heterocycles. The van der Waals surface area contributed by atoms with Gasteiger partial charge in [0.1, 0.15) is 5.75 Å². The highest BCUT2D eigenvalue weighted by atomic mass is 79.9. The van der Waals surface area contributed by atoms with Crippen molar-refractivity contribution >= 4 is 55.3 Å². The lowest BCUT2D eigenvalue weighted by atomic mass is 10.1. The number of benzene rings is 2. The van der Waals surface area contributed by atoms with Gasteiger partial charge in [0, 0.05) is 17.8 Å². The van der Waals surface area contributed by atoms with E-state index in [1.807, 2.05) is 0 Å². The summed E-state index contributed by atoms with van der Waals surface area (Å²) in [7, 11) is 0. The van der Waals surface area contributed by atoms with Gasteiger partial charge in [0.2, 0.25) is 0 Å². The fourth-order valence-corrected chi connectivity index (χ4v) is 3.75. The molecule has 6 nitrogen and oxygen atoms in total. The lowest BCUT2D eigenvalue weighted by Crippen LogP contribution is -2.29. The Hall–Kier alpha value is -2.19. The number of nitrogens with one attached hydrogen (secondary N) is 1. The lowest BCUT2D eigenvalue weighted by molar-refractivity contribution is 0.0662. The van der Waals surface area contributed by atoms with Crippen molar-refractivity contribution in [1.82, 2.24) is 4.90 Å². The topological polar surface area (TPSA) is 86.7 Å². The van der Waals surface area contributed by atoms with Crippen LogP contribution in [0.15, 0.2) is 39.3 Å². The van der Waals surface area contributed by atoms with Crippen molar-refractivity contribution in [2.24, 2.45) is 0 Å². The summed E-state index contributed by atoms with van der Waals surface area (Å²) in [6.45, 7) is 2.00. The van der Waals surface area contributed by atoms with Gasteiger partial charge in [0.15, 0.2) is 0 Å². The number of nitrogens with zero attached hydrogens (tertiary/aromatic N) is 1. The molecule has 0 unspecified atom stereocenters. The van der Waals surface area contributed by atoms with Crippen molar-refractivity contribution in [1.29, 1.82) is 0 Å². The molecule has 25 heavy (non-hydrogen) atoms. The predicted octanol–water partition coefficient (Wildman–Crippen LogP) is 3.79. The molecule has 2 aromatic rings. The van der Waals surface area contributed by atoms with E-state index in [9.17, 15) is 19.5 Å². The molecule has 2 N–H and O–H groups in total. The molecule has 0 radical (unpaired) electrons. The summed E-state index contributed by atoms with van der Waals surface area (Å²) in [4.78, 5) is 37.9. The van der Waals surface area contributed by atoms with E-state index in [0.717, 1.165) is 4.90 Å². The maximum Gasteiger partial charge on any atom is 0.261 e. The van der Waals surface area contributed by atoms with Crippen LogP contribution in [-0.2, 0) is 0 Å². The van der Waals surface area contributed by atoms with Crippen LogP contribution in [0.5, 0.6) is 5.75 Å². The number of amides is 3. The number of hydrogen-bond acceptors (Lipinski definition) is 4. The number of aromatic hydroxyl groups is 1. The van der Waals surface area contributed by atoms with Crippen molar-refractivity contribution < 1.29 is 19.5 Å². The van der Waals surface area contributed by atoms with Crippen molar-refractivity contribution in [2.45, 2.75) is 6.92 Å². The Kier molecular flexibility index (Phi) is 4.66. The molecule has 0 fully saturated rings. The van der Waals surface area contributed by atoms with Crippen molar-refractivity contribution in [3.63, 3.8) is 0 Å². The maximum atomic E-state index is 12.4. The molecular formula is C17H12Br2N2O4. The van der Waals surface area contributed by atoms with Crippen LogP contribution < -0.4 is 5.32 Å². The first kappa shape index (κ1) is 17.6. The number of hydrogen-bond donors (Lipinski definition) is 2. The van der Waals surface area contributed by atoms with Gasteiger partial charge in [0.25, 0.3) is 17.7 Å². The molecular weight excluding hydrogens is 456 g/mol. The summed E-state index contributed by atoms with van der Waals surface area (Å²) in [5, 5.41) is 12.4. The van der Waals surface area contributed by atoms with Gasteiger partial charge in [0.05, 0.1) is 20.1 Å². The number of halogens is 2. The SMILES string of the molecule is CCN1C(=O)c2ccc(C(=O)Nc3cc(Br)c(O)c(Br)c3)cc2C1=O. The minimum absolute atomic E-state index is 0.0271. The van der Waals surface area contributed by atoms with Crippen LogP contribution >= 0.6 is 31.9 Å². The highest BCUT2D eigenvalue weighted by Gasteiger charge is 2.34. The summed E-state index contributed by atoms with van der Waals surface area (Å²) in [5.41, 5.74) is 1.25. The van der Waals surface area contributed by atoms with E-state index < -0.39 is 11.8 Å². The van der Waals surface area contributed by atoms with Crippen LogP contribution in [0.2, 0.25) is 0 Å². The Morgan fingerprint density at radius 2 is 1.68 bits per heavy atom. The second kappa shape index (κ2) is 6.61. The van der Waals surface area contributed by atoms with E-state index >= 15 is 0 Å². The largest absolute Gasteiger partial charge is 0.506 e. The zero-order chi connectivity index (χ0) is 18.3. The Labute approximate surface area is 160 Å². The molecule has 1 aliphatic heterocycles. The average molecular weight is 468 g/mol. The first-order valence-electron chi connectivity index (χ1n) is 7.33. The molecule has 3 rings (SSSR count). The number of phenols is 1. The van der Waals surface area contributed by atoms with E-state index in [-0.39, 0.29) is 29.3 Å². The highest BCUT2D eigenvalue weighted by molar-refractivity contribution is 9.11. The number of anilines is 1. The zero-order valence-electron chi connectivity index (χ0n) is 13.0. The van der Waals surface area contributed by atoms with Gasteiger partial charge in [-0.05, 0) is 69.1 Å². The van der Waals surface area contributed by atoms with Crippen molar-refractivity contribution in [2.75, 3.05) is 11.9 Å². The van der Waals surface area contributed by atoms with Crippen LogP contribution in [0.4, 0.5) is 5.69 Å². The fourth-order valence-electron chi connectivity index (χ4n) is 2.56. The fraction of sp³-hybridized carbons (Fsp3) is 0.118. The molecule has 3 amide bonds. The molecule has 2 aromatic carbocycles. The zero-order valence-corrected chi connectivity index (χ0v) is 16.1. The van der Waals surface area contributed by atoms with Crippen molar-refractivity contribution in [3.05, 3.63) is 56.0 Å². The summed E-state index contributed by atoms with van der Waals surface area (Å²) < 4.78 is 0.844. The minimum atomic E-state index is -0.428. The summed E-state index contributed by atoms with van der Waals surface area (Å²) >= 11 is 6.39. The monoisotopic (exact) mass is 466 g/mol. The highest BCUT2D eigenvalue weighted by Crippen LogP contribution is 2.35. The van der Waals surface area contributed by atoms with Crippen LogP contribution in [0.25, 0.3) is 0 Å². The van der Waals surface area contributed by atoms with Gasteiger partial charge in [-0.3, -0.25) is 19.3 Å². The van der Waals surface area contributed by atoms with Gasteiger partial charge in [-0.2, -0.15) is 0 Å². The normalized spacial score (nSPS) is 13.2. The molecule has 0 spiro atoms. The molecule has 0 bridgehead atoms. The molecule has 1 aliphatic rings. The van der Waals surface area contributed by atoms with Gasteiger partial charge >= 0.3 is 0 Å². The number of phenolic OH excluding ortho intramolecular Hbond substituents is 1. The molecule has 8 heteroatoms. The standard InChI is InChI=1S/C17H12Br2N2O4/c1-2-21-16(24)10-4-3-8(5-11(10)17(21)25)15(23)20-9-6-12(18)14(22)13(19)7-9/h3-7,22H,2H2,1H3,(H,20,23). The van der Waals surface area contributed by atoms with Crippen LogP contribution in [0.3, 0.4) is 0 Å². The smallest absolute Gasteiger partial charge is 0.261 e. The Bertz CT molecular complexity index is 904. The molecule has 1 heterocycles. The third-order valence-electron chi connectivity index (χ3n) is 3.82. The number of carbonyl (C=O) groups excluding carboxylic acids is 3. The van der Waals surface area contributed by atoms with E-state index in [2.05, 4.69) is 37.2 Å². The van der Waals surface area contributed by atoms with Gasteiger partial charge in [-0.25, -0.2) is 0 Å². The molecule has 0 saturated carbocycles. The Morgan fingerprint density at radius 3 is 2.28 bits per heavy atom. The Morgan fingerprint density at radius 1 is 1.08 bits per heavy atom. The minimum Gasteiger partial charge on any atom is -0.506 e. The van der Waals surface area contributed by atoms with Crippen LogP contribution in [0.1, 0.15) is 38.0 Å². The van der Waals surface area contributed by atoms with Crippen LogP contribution in [-0.4, -0.2) is 34.3 Å². The maximum absolute atomic E-state index is 12.4. The van der Waals surface area contributed by atoms with Gasteiger partial charge < -0.3 is 10.4 Å². The van der Waals surface area contributed by atoms with Gasteiger partial charge in [-0.1, -0.05) is 0 Å². The predicted molar refractivity (Wildman–Crippen MR) is 98.9 cm³/mol. The number of carbonyl (C=O) groups is 3. The molecule has 0 aliphatic carbocycles. The lowest BCUT2D eigenvalue weighted by Gasteiger charge is -2.09. The second-order valence-electron chi connectivity index (χ2n) is 5.36. The molecule has 0 aromatic heterocycles. The van der Waals surface area contributed by atoms with E-state index in [0.29, 0.717) is 20.2 Å². The first-order chi connectivity index (χ1) is 11.8. The third-order valence-corrected chi connectivity index (χ3v) is 5.03. The van der Waals surface area contributed by atoms with Crippen LogP contribution in [0, 0.1) is 0 Å². The van der Waals surface area contributed by atoms with E-state index in [1.54, 1.807) is 19.1 Å². The average Bonchev–Trinajstić information content (AvgIpc) is 2.82. The first-order valence-corrected chi connectivity index (χ1v) is 8.91. The number of rotatable bonds is 3. The summed E-state index contributed by atoms with van der Waals surface area (Å²) in [6, 6.07) is 7.52.